The summed E-state index contributed by atoms with van der Waals surface area (Å²) in [4.78, 5) is 0. The molecule has 5 heteroatoms. The monoisotopic (exact) mass is 374 g/mol. The van der Waals surface area contributed by atoms with E-state index >= 15 is 0 Å². The number of hydrogen-bond acceptors (Lipinski definition) is 3. The number of rotatable bonds is 5. The molecular weight excluding hydrogens is 351 g/mol. The summed E-state index contributed by atoms with van der Waals surface area (Å²) in [6.45, 7) is 0.714. The van der Waals surface area contributed by atoms with Crippen LogP contribution in [-0.4, -0.2) is 30.5 Å². The molecule has 5 unspecified atom stereocenters. The molecule has 2 aromatic rings. The van der Waals surface area contributed by atoms with Crippen LogP contribution in [0.15, 0.2) is 60.7 Å². The van der Waals surface area contributed by atoms with Gasteiger partial charge in [0.1, 0.15) is 12.3 Å². The summed E-state index contributed by atoms with van der Waals surface area (Å²) in [7, 11) is 0. The van der Waals surface area contributed by atoms with Gasteiger partial charge in [0.2, 0.25) is 0 Å². The van der Waals surface area contributed by atoms with Crippen LogP contribution >= 0.6 is 11.6 Å². The number of aliphatic hydroxyl groups is 1. The Morgan fingerprint density at radius 3 is 2.42 bits per heavy atom. The van der Waals surface area contributed by atoms with Gasteiger partial charge in [-0.2, -0.15) is 0 Å². The topological polar surface area (TPSA) is 72.3 Å². The van der Waals surface area contributed by atoms with Gasteiger partial charge in [0.15, 0.2) is 0 Å². The van der Waals surface area contributed by atoms with Crippen molar-refractivity contribution in [2.24, 2.45) is 17.4 Å². The molecule has 26 heavy (non-hydrogen) atoms. The quantitative estimate of drug-likeness (QED) is 0.703. The Morgan fingerprint density at radius 1 is 1.04 bits per heavy atom. The molecule has 0 saturated carbocycles. The zero-order valence-electron chi connectivity index (χ0n) is 14.4. The van der Waals surface area contributed by atoms with E-state index in [0.29, 0.717) is 17.1 Å². The van der Waals surface area contributed by atoms with Crippen molar-refractivity contribution in [3.8, 4) is 0 Å². The number of halogens is 2. The lowest BCUT2D eigenvalue weighted by molar-refractivity contribution is 0.0768. The Kier molecular flexibility index (Phi) is 6.09. The summed E-state index contributed by atoms with van der Waals surface area (Å²) < 4.78 is 14.8. The summed E-state index contributed by atoms with van der Waals surface area (Å²) >= 11 is 6.41. The van der Waals surface area contributed by atoms with Crippen molar-refractivity contribution < 1.29 is 9.50 Å². The van der Waals surface area contributed by atoms with Crippen molar-refractivity contribution in [3.05, 3.63) is 82.4 Å². The van der Waals surface area contributed by atoms with E-state index in [1.165, 1.54) is 6.08 Å². The minimum absolute atomic E-state index is 0.00865. The van der Waals surface area contributed by atoms with Gasteiger partial charge in [0, 0.05) is 23.4 Å². The van der Waals surface area contributed by atoms with Crippen molar-refractivity contribution in [3.63, 3.8) is 0 Å². The SMILES string of the molecule is NCC(c1ccccc1)c1ccc(Cl)c(C2C(CN)C=CC(O)C2F)c1. The van der Waals surface area contributed by atoms with Crippen LogP contribution in [0.3, 0.4) is 0 Å². The van der Waals surface area contributed by atoms with E-state index in [4.69, 9.17) is 23.1 Å². The highest BCUT2D eigenvalue weighted by molar-refractivity contribution is 6.31. The van der Waals surface area contributed by atoms with E-state index in [-0.39, 0.29) is 18.4 Å². The molecule has 1 aliphatic rings. The predicted molar refractivity (Wildman–Crippen MR) is 104 cm³/mol. The van der Waals surface area contributed by atoms with Gasteiger partial charge in [-0.3, -0.25) is 0 Å². The molecule has 0 amide bonds. The van der Waals surface area contributed by atoms with Crippen LogP contribution < -0.4 is 11.5 Å². The van der Waals surface area contributed by atoms with Gasteiger partial charge in [-0.25, -0.2) is 4.39 Å². The van der Waals surface area contributed by atoms with Crippen LogP contribution in [-0.2, 0) is 0 Å². The standard InChI is InChI=1S/C21H24ClFN2O/c22-18-8-6-14(17(12-25)13-4-2-1-3-5-13)10-16(18)20-15(11-24)7-9-19(26)21(20)23/h1-10,15,17,19-21,26H,11-12,24-25H2. The zero-order chi connectivity index (χ0) is 18.7. The van der Waals surface area contributed by atoms with Gasteiger partial charge in [-0.1, -0.05) is 66.2 Å². The van der Waals surface area contributed by atoms with E-state index in [1.807, 2.05) is 42.5 Å². The van der Waals surface area contributed by atoms with E-state index in [1.54, 1.807) is 12.1 Å². The molecule has 2 aromatic carbocycles. The lowest BCUT2D eigenvalue weighted by Crippen LogP contribution is -2.37. The van der Waals surface area contributed by atoms with Gasteiger partial charge in [-0.05, 0) is 35.2 Å². The molecule has 0 bridgehead atoms. The first-order chi connectivity index (χ1) is 12.6. The summed E-state index contributed by atoms with van der Waals surface area (Å²) in [5.41, 5.74) is 14.6. The van der Waals surface area contributed by atoms with Crippen molar-refractivity contribution in [2.75, 3.05) is 13.1 Å². The number of hydrogen-bond donors (Lipinski definition) is 3. The highest BCUT2D eigenvalue weighted by Crippen LogP contribution is 2.40. The maximum Gasteiger partial charge on any atom is 0.137 e. The fraction of sp³-hybridized carbons (Fsp3) is 0.333. The molecule has 138 valence electrons. The predicted octanol–water partition coefficient (Wildman–Crippen LogP) is 3.36. The van der Waals surface area contributed by atoms with Crippen LogP contribution in [0.5, 0.6) is 0 Å². The lowest BCUT2D eigenvalue weighted by Gasteiger charge is -2.34. The number of benzene rings is 2. The average Bonchev–Trinajstić information content (AvgIpc) is 2.67. The molecule has 0 spiro atoms. The Hall–Kier alpha value is -1.72. The summed E-state index contributed by atoms with van der Waals surface area (Å²) in [6.07, 6.45) is 0.658. The maximum atomic E-state index is 14.8. The second kappa shape index (κ2) is 8.31. The summed E-state index contributed by atoms with van der Waals surface area (Å²) in [5.74, 6) is -0.804. The fourth-order valence-corrected chi connectivity index (χ4v) is 3.99. The van der Waals surface area contributed by atoms with E-state index in [9.17, 15) is 9.50 Å². The van der Waals surface area contributed by atoms with Crippen LogP contribution in [0, 0.1) is 5.92 Å². The third-order valence-corrected chi connectivity index (χ3v) is 5.52. The van der Waals surface area contributed by atoms with Crippen LogP contribution in [0.25, 0.3) is 0 Å². The Bertz CT molecular complexity index is 768. The van der Waals surface area contributed by atoms with Crippen molar-refractivity contribution >= 4 is 11.6 Å². The van der Waals surface area contributed by atoms with Crippen molar-refractivity contribution in [1.29, 1.82) is 0 Å². The molecular formula is C21H24ClFN2O. The van der Waals surface area contributed by atoms with Crippen LogP contribution in [0.1, 0.15) is 28.5 Å². The lowest BCUT2D eigenvalue weighted by atomic mass is 9.76. The van der Waals surface area contributed by atoms with Crippen molar-refractivity contribution in [2.45, 2.75) is 24.1 Å². The highest BCUT2D eigenvalue weighted by Gasteiger charge is 2.37. The normalized spacial score (nSPS) is 26.7. The zero-order valence-corrected chi connectivity index (χ0v) is 15.2. The van der Waals surface area contributed by atoms with Crippen LogP contribution in [0.2, 0.25) is 5.02 Å². The van der Waals surface area contributed by atoms with E-state index in [2.05, 4.69) is 0 Å². The largest absolute Gasteiger partial charge is 0.386 e. The van der Waals surface area contributed by atoms with Gasteiger partial charge in [0.05, 0.1) is 0 Å². The Morgan fingerprint density at radius 2 is 1.77 bits per heavy atom. The van der Waals surface area contributed by atoms with Gasteiger partial charge >= 0.3 is 0 Å². The minimum Gasteiger partial charge on any atom is -0.386 e. The van der Waals surface area contributed by atoms with Gasteiger partial charge < -0.3 is 16.6 Å². The molecule has 0 fully saturated rings. The van der Waals surface area contributed by atoms with Gasteiger partial charge in [-0.15, -0.1) is 0 Å². The molecule has 5 N–H and O–H groups in total. The van der Waals surface area contributed by atoms with E-state index < -0.39 is 18.2 Å². The fourth-order valence-electron chi connectivity index (χ4n) is 3.74. The maximum absolute atomic E-state index is 14.8. The highest BCUT2D eigenvalue weighted by atomic mass is 35.5. The molecule has 0 heterocycles. The second-order valence-electron chi connectivity index (χ2n) is 6.73. The second-order valence-corrected chi connectivity index (χ2v) is 7.13. The molecule has 0 saturated heterocycles. The summed E-state index contributed by atoms with van der Waals surface area (Å²) in [6, 6.07) is 15.6. The number of aliphatic hydroxyl groups excluding tert-OH is 1. The third-order valence-electron chi connectivity index (χ3n) is 5.18. The number of nitrogens with two attached hydrogens (primary N) is 2. The van der Waals surface area contributed by atoms with Crippen LogP contribution in [0.4, 0.5) is 4.39 Å². The smallest absolute Gasteiger partial charge is 0.137 e. The Balaban J connectivity index is 2.03. The molecule has 0 radical (unpaired) electrons. The average molecular weight is 375 g/mol. The molecule has 3 nitrogen and oxygen atoms in total. The molecule has 3 rings (SSSR count). The first-order valence-corrected chi connectivity index (χ1v) is 9.19. The first kappa shape index (κ1) is 19.1. The first-order valence-electron chi connectivity index (χ1n) is 8.81. The molecule has 0 aromatic heterocycles. The van der Waals surface area contributed by atoms with Crippen molar-refractivity contribution in [1.82, 2.24) is 0 Å². The molecule has 5 atom stereocenters. The van der Waals surface area contributed by atoms with Gasteiger partial charge in [0.25, 0.3) is 0 Å². The molecule has 0 aliphatic heterocycles. The summed E-state index contributed by atoms with van der Waals surface area (Å²) in [5, 5.41) is 10.4. The molecule has 1 aliphatic carbocycles. The number of alkyl halides is 1. The Labute approximate surface area is 158 Å². The van der Waals surface area contributed by atoms with E-state index in [0.717, 1.165) is 11.1 Å². The minimum atomic E-state index is -1.45. The third kappa shape index (κ3) is 3.69.